The molecule has 3 N–H and O–H groups in total. The third-order valence-electron chi connectivity index (χ3n) is 3.52. The number of hydrogen-bond acceptors (Lipinski definition) is 6. The lowest BCUT2D eigenvalue weighted by Gasteiger charge is -2.15. The lowest BCUT2D eigenvalue weighted by Crippen LogP contribution is -2.28. The molecule has 1 aliphatic rings. The van der Waals surface area contributed by atoms with E-state index in [2.05, 4.69) is 10.6 Å². The molecular formula is C13H14ClN3O4S3. The molecular weight excluding hydrogens is 394 g/mol. The van der Waals surface area contributed by atoms with Crippen molar-refractivity contribution in [3.63, 3.8) is 0 Å². The van der Waals surface area contributed by atoms with Crippen LogP contribution in [0.1, 0.15) is 12.8 Å². The first-order valence-corrected chi connectivity index (χ1v) is 10.5. The lowest BCUT2D eigenvalue weighted by molar-refractivity contribution is 0.262. The van der Waals surface area contributed by atoms with Gasteiger partial charge < -0.3 is 15.7 Å². The predicted octanol–water partition coefficient (Wildman–Crippen LogP) is 3.60. The molecule has 2 heterocycles. The van der Waals surface area contributed by atoms with Gasteiger partial charge >= 0.3 is 6.03 Å². The summed E-state index contributed by atoms with van der Waals surface area (Å²) in [5.74, 6) is -0.459. The van der Waals surface area contributed by atoms with Gasteiger partial charge in [-0.2, -0.15) is 4.31 Å². The van der Waals surface area contributed by atoms with Gasteiger partial charge in [-0.3, -0.25) is 0 Å². The number of sulfonamides is 1. The summed E-state index contributed by atoms with van der Waals surface area (Å²) in [6.07, 6.45) is 1.63. The van der Waals surface area contributed by atoms with E-state index in [9.17, 15) is 18.3 Å². The zero-order valence-corrected chi connectivity index (χ0v) is 15.7. The average Bonchev–Trinajstić information content (AvgIpc) is 3.20. The van der Waals surface area contributed by atoms with Crippen molar-refractivity contribution in [2.24, 2.45) is 0 Å². The summed E-state index contributed by atoms with van der Waals surface area (Å²) in [5.41, 5.74) is 0.474. The van der Waals surface area contributed by atoms with E-state index in [1.54, 1.807) is 11.4 Å². The Bertz CT molecular complexity index is 873. The van der Waals surface area contributed by atoms with Crippen LogP contribution in [0.15, 0.2) is 21.0 Å². The number of nitrogens with one attached hydrogen (secondary N) is 2. The van der Waals surface area contributed by atoms with Gasteiger partial charge in [-0.1, -0.05) is 11.6 Å². The number of carbonyl (C=O) groups excluding carboxylic acids is 1. The average molecular weight is 408 g/mol. The van der Waals surface area contributed by atoms with Crippen LogP contribution in [-0.2, 0) is 10.0 Å². The highest BCUT2D eigenvalue weighted by Gasteiger charge is 2.37. The van der Waals surface area contributed by atoms with Crippen molar-refractivity contribution in [3.05, 3.63) is 21.2 Å². The Balaban J connectivity index is 1.75. The molecule has 0 aromatic carbocycles. The van der Waals surface area contributed by atoms with Crippen molar-refractivity contribution in [1.82, 2.24) is 4.31 Å². The van der Waals surface area contributed by atoms with Crippen LogP contribution in [-0.4, -0.2) is 37.0 Å². The molecule has 0 atom stereocenters. The molecule has 7 nitrogen and oxygen atoms in total. The second kappa shape index (κ2) is 6.52. The third-order valence-corrected chi connectivity index (χ3v) is 8.09. The van der Waals surface area contributed by atoms with Crippen LogP contribution in [0.4, 0.5) is 16.2 Å². The first kappa shape index (κ1) is 17.5. The van der Waals surface area contributed by atoms with Gasteiger partial charge in [-0.25, -0.2) is 13.2 Å². The maximum Gasteiger partial charge on any atom is 0.323 e. The number of halogens is 1. The summed E-state index contributed by atoms with van der Waals surface area (Å²) in [5, 5.41) is 18.2. The largest absolute Gasteiger partial charge is 0.504 e. The molecule has 1 aliphatic carbocycles. The number of aromatic hydroxyl groups is 1. The van der Waals surface area contributed by atoms with Gasteiger partial charge in [0.15, 0.2) is 9.96 Å². The van der Waals surface area contributed by atoms with Crippen LogP contribution in [0.3, 0.4) is 0 Å². The van der Waals surface area contributed by atoms with Crippen LogP contribution in [0.2, 0.25) is 4.34 Å². The minimum atomic E-state index is -3.77. The summed E-state index contributed by atoms with van der Waals surface area (Å²) >= 11 is 8.03. The van der Waals surface area contributed by atoms with E-state index < -0.39 is 21.8 Å². The standard InChI is InChI=1S/C13H14ClN3O4S3/c1-17(7-2-3-7)24(20,21)12-10(18)9(6-23-12)16-13(19)15-8-4-5-22-11(8)14/h4-7,18H,2-3H2,1H3,(H2,15,16,19). The molecule has 0 bridgehead atoms. The molecule has 24 heavy (non-hydrogen) atoms. The van der Waals surface area contributed by atoms with E-state index in [1.165, 1.54) is 28.1 Å². The van der Waals surface area contributed by atoms with Crippen LogP contribution in [0, 0.1) is 0 Å². The first-order valence-electron chi connectivity index (χ1n) is 6.90. The van der Waals surface area contributed by atoms with Crippen LogP contribution >= 0.6 is 34.3 Å². The molecule has 130 valence electrons. The van der Waals surface area contributed by atoms with Gasteiger partial charge in [0.1, 0.15) is 4.34 Å². The quantitative estimate of drug-likeness (QED) is 0.705. The second-order valence-electron chi connectivity index (χ2n) is 5.22. The van der Waals surface area contributed by atoms with Crippen LogP contribution in [0.25, 0.3) is 0 Å². The maximum absolute atomic E-state index is 12.5. The van der Waals surface area contributed by atoms with E-state index in [0.29, 0.717) is 10.0 Å². The minimum absolute atomic E-state index is 0.0167. The first-order chi connectivity index (χ1) is 11.3. The number of carbonyl (C=O) groups is 1. The molecule has 2 aromatic heterocycles. The number of anilines is 2. The van der Waals surface area contributed by atoms with E-state index in [-0.39, 0.29) is 15.9 Å². The molecule has 0 saturated heterocycles. The minimum Gasteiger partial charge on any atom is -0.504 e. The molecule has 1 saturated carbocycles. The second-order valence-corrected chi connectivity index (χ2v) is 9.82. The highest BCUT2D eigenvalue weighted by atomic mass is 35.5. The smallest absolute Gasteiger partial charge is 0.323 e. The van der Waals surface area contributed by atoms with Crippen LogP contribution < -0.4 is 10.6 Å². The lowest BCUT2D eigenvalue weighted by atomic mass is 10.5. The summed E-state index contributed by atoms with van der Waals surface area (Å²) in [4.78, 5) is 12.0. The maximum atomic E-state index is 12.5. The van der Waals surface area contributed by atoms with Crippen molar-refractivity contribution in [2.75, 3.05) is 17.7 Å². The van der Waals surface area contributed by atoms with Crippen molar-refractivity contribution in [1.29, 1.82) is 0 Å². The molecule has 2 aromatic rings. The van der Waals surface area contributed by atoms with Gasteiger partial charge in [0.2, 0.25) is 0 Å². The van der Waals surface area contributed by atoms with E-state index >= 15 is 0 Å². The Morgan fingerprint density at radius 2 is 2.00 bits per heavy atom. The van der Waals surface area contributed by atoms with Crippen molar-refractivity contribution >= 4 is 61.7 Å². The number of rotatable bonds is 5. The highest BCUT2D eigenvalue weighted by Crippen LogP contribution is 2.41. The Morgan fingerprint density at radius 3 is 2.58 bits per heavy atom. The van der Waals surface area contributed by atoms with Gasteiger partial charge in [0, 0.05) is 18.5 Å². The Labute approximate surface area is 151 Å². The summed E-state index contributed by atoms with van der Waals surface area (Å²) in [6.45, 7) is 0. The van der Waals surface area contributed by atoms with Gasteiger partial charge in [-0.05, 0) is 24.3 Å². The fraction of sp³-hybridized carbons (Fsp3) is 0.308. The molecule has 2 amide bonds. The number of amides is 2. The highest BCUT2D eigenvalue weighted by molar-refractivity contribution is 7.91. The summed E-state index contributed by atoms with van der Waals surface area (Å²) in [6, 6.07) is 1.00. The van der Waals surface area contributed by atoms with Crippen molar-refractivity contribution in [2.45, 2.75) is 23.1 Å². The monoisotopic (exact) mass is 407 g/mol. The predicted molar refractivity (Wildman–Crippen MR) is 95.9 cm³/mol. The number of nitrogens with zero attached hydrogens (tertiary/aromatic N) is 1. The van der Waals surface area contributed by atoms with Crippen molar-refractivity contribution < 1.29 is 18.3 Å². The molecule has 3 rings (SSSR count). The van der Waals surface area contributed by atoms with Gasteiger partial charge in [-0.15, -0.1) is 22.7 Å². The summed E-state index contributed by atoms with van der Waals surface area (Å²) in [7, 11) is -2.28. The molecule has 0 spiro atoms. The van der Waals surface area contributed by atoms with E-state index in [1.807, 2.05) is 0 Å². The van der Waals surface area contributed by atoms with E-state index in [0.717, 1.165) is 24.2 Å². The third kappa shape index (κ3) is 3.38. The normalized spacial score (nSPS) is 14.8. The van der Waals surface area contributed by atoms with E-state index in [4.69, 9.17) is 11.6 Å². The number of urea groups is 1. The topological polar surface area (TPSA) is 98.7 Å². The van der Waals surface area contributed by atoms with Crippen molar-refractivity contribution in [3.8, 4) is 5.75 Å². The fourth-order valence-corrected chi connectivity index (χ4v) is 5.68. The molecule has 1 fully saturated rings. The molecule has 0 radical (unpaired) electrons. The molecule has 0 aliphatic heterocycles. The Kier molecular flexibility index (Phi) is 4.76. The Hall–Kier alpha value is -1.33. The summed E-state index contributed by atoms with van der Waals surface area (Å²) < 4.78 is 26.4. The van der Waals surface area contributed by atoms with Gasteiger partial charge in [0.05, 0.1) is 11.4 Å². The number of thiophene rings is 2. The Morgan fingerprint density at radius 1 is 1.33 bits per heavy atom. The molecule has 0 unspecified atom stereocenters. The zero-order chi connectivity index (χ0) is 17.5. The zero-order valence-electron chi connectivity index (χ0n) is 12.4. The van der Waals surface area contributed by atoms with Crippen LogP contribution in [0.5, 0.6) is 5.75 Å². The molecule has 11 heteroatoms. The number of hydrogen-bond donors (Lipinski definition) is 3. The van der Waals surface area contributed by atoms with Gasteiger partial charge in [0.25, 0.3) is 10.0 Å². The SMILES string of the molecule is CN(C1CC1)S(=O)(=O)c1scc(NC(=O)Nc2ccsc2Cl)c1O. The fourth-order valence-electron chi connectivity index (χ4n) is 2.03.